The molecule has 0 aliphatic carbocycles. The Morgan fingerprint density at radius 1 is 0.865 bits per heavy atom. The minimum Gasteiger partial charge on any atom is -0.444 e. The predicted octanol–water partition coefficient (Wildman–Crippen LogP) is 3.47. The summed E-state index contributed by atoms with van der Waals surface area (Å²) in [6.45, 7) is 10.3. The second-order valence-electron chi connectivity index (χ2n) is 10.6. The van der Waals surface area contributed by atoms with Crippen LogP contribution in [0.4, 0.5) is 10.5 Å². The summed E-state index contributed by atoms with van der Waals surface area (Å²) in [5, 5.41) is 7.87. The van der Waals surface area contributed by atoms with Crippen molar-refractivity contribution in [2.24, 2.45) is 0 Å². The maximum Gasteiger partial charge on any atom is 0.408 e. The van der Waals surface area contributed by atoms with Crippen LogP contribution < -0.4 is 16.0 Å². The molecule has 0 bridgehead atoms. The normalized spacial score (nSPS) is 13.2. The zero-order valence-electron chi connectivity index (χ0n) is 21.9. The highest BCUT2D eigenvalue weighted by Crippen LogP contribution is 2.30. The van der Waals surface area contributed by atoms with Crippen molar-refractivity contribution < 1.29 is 28.7 Å². The molecule has 0 aromatic heterocycles. The van der Waals surface area contributed by atoms with Crippen LogP contribution in [0.3, 0.4) is 0 Å². The second-order valence-corrected chi connectivity index (χ2v) is 10.6. The molecular weight excluding hydrogens is 476 g/mol. The number of imide groups is 1. The second kappa shape index (κ2) is 10.4. The summed E-state index contributed by atoms with van der Waals surface area (Å²) in [5.41, 5.74) is 0.397. The number of benzene rings is 2. The number of nitrogens with one attached hydrogen (secondary N) is 3. The number of fused-ring (bicyclic) bond motifs is 1. The van der Waals surface area contributed by atoms with Gasteiger partial charge >= 0.3 is 6.09 Å². The minimum absolute atomic E-state index is 0.100. The summed E-state index contributed by atoms with van der Waals surface area (Å²) in [4.78, 5) is 63.6. The molecule has 3 rings (SSSR count). The third kappa shape index (κ3) is 6.72. The molecule has 2 aromatic rings. The van der Waals surface area contributed by atoms with Crippen LogP contribution in [0.25, 0.3) is 0 Å². The van der Waals surface area contributed by atoms with E-state index in [1.807, 2.05) is 0 Å². The van der Waals surface area contributed by atoms with Crippen LogP contribution in [0.1, 0.15) is 78.2 Å². The standard InChI is InChI=1S/C27H32N4O6/c1-26(2,3)31-23(34)18-12-11-16(13-19(18)24(31)35)22(33)30-20-10-8-7-9-17(20)14-28-21(32)15-29-25(36)37-27(4,5)6/h7-13H,14-15H2,1-6H3,(H,28,32)(H,29,36)(H,30,33). The molecule has 1 aliphatic rings. The lowest BCUT2D eigenvalue weighted by molar-refractivity contribution is -0.120. The predicted molar refractivity (Wildman–Crippen MR) is 137 cm³/mol. The molecule has 5 amide bonds. The van der Waals surface area contributed by atoms with Gasteiger partial charge in [0.2, 0.25) is 5.91 Å². The van der Waals surface area contributed by atoms with E-state index in [-0.39, 0.29) is 35.7 Å². The summed E-state index contributed by atoms with van der Waals surface area (Å²) in [7, 11) is 0. The number of para-hydroxylation sites is 1. The van der Waals surface area contributed by atoms with Crippen LogP contribution in [0, 0.1) is 0 Å². The van der Waals surface area contributed by atoms with Crippen LogP contribution in [-0.4, -0.2) is 52.3 Å². The number of nitrogens with zero attached hydrogens (tertiary/aromatic N) is 1. The van der Waals surface area contributed by atoms with Gasteiger partial charge in [0.1, 0.15) is 12.1 Å². The highest BCUT2D eigenvalue weighted by atomic mass is 16.6. The molecule has 0 saturated heterocycles. The zero-order chi connectivity index (χ0) is 27.5. The molecule has 196 valence electrons. The van der Waals surface area contributed by atoms with Crippen molar-refractivity contribution in [3.63, 3.8) is 0 Å². The lowest BCUT2D eigenvalue weighted by Crippen LogP contribution is -2.45. The Morgan fingerprint density at radius 3 is 2.16 bits per heavy atom. The molecule has 1 heterocycles. The molecule has 0 fully saturated rings. The Labute approximate surface area is 215 Å². The summed E-state index contributed by atoms with van der Waals surface area (Å²) in [5.74, 6) is -1.73. The number of carbonyl (C=O) groups excluding carboxylic acids is 5. The SMILES string of the molecule is CC(C)(C)OC(=O)NCC(=O)NCc1ccccc1NC(=O)c1ccc2c(c1)C(=O)N(C(C)(C)C)C2=O. The molecule has 0 atom stereocenters. The van der Waals surface area contributed by atoms with E-state index in [1.54, 1.807) is 65.8 Å². The number of hydrogen-bond acceptors (Lipinski definition) is 6. The zero-order valence-corrected chi connectivity index (χ0v) is 21.9. The molecule has 0 radical (unpaired) electrons. The number of hydrogen-bond donors (Lipinski definition) is 3. The molecule has 0 spiro atoms. The molecule has 0 saturated carbocycles. The topological polar surface area (TPSA) is 134 Å². The monoisotopic (exact) mass is 508 g/mol. The summed E-state index contributed by atoms with van der Waals surface area (Å²) < 4.78 is 5.10. The molecule has 2 aromatic carbocycles. The Bertz CT molecular complexity index is 1260. The first-order chi connectivity index (χ1) is 17.2. The molecule has 10 heteroatoms. The lowest BCUT2D eigenvalue weighted by atomic mass is 10.0. The van der Waals surface area contributed by atoms with E-state index in [1.165, 1.54) is 23.1 Å². The molecule has 3 N–H and O–H groups in total. The highest BCUT2D eigenvalue weighted by Gasteiger charge is 2.42. The maximum absolute atomic E-state index is 13.0. The number of amides is 5. The van der Waals surface area contributed by atoms with Gasteiger partial charge in [-0.05, 0) is 71.4 Å². The summed E-state index contributed by atoms with van der Waals surface area (Å²) in [6.07, 6.45) is -0.699. The first-order valence-electron chi connectivity index (χ1n) is 11.8. The van der Waals surface area contributed by atoms with Crippen LogP contribution in [-0.2, 0) is 16.1 Å². The van der Waals surface area contributed by atoms with Crippen molar-refractivity contribution in [2.45, 2.75) is 59.2 Å². The minimum atomic E-state index is -0.699. The van der Waals surface area contributed by atoms with Crippen molar-refractivity contribution >= 4 is 35.4 Å². The quantitative estimate of drug-likeness (QED) is 0.512. The van der Waals surface area contributed by atoms with Gasteiger partial charge in [0.25, 0.3) is 17.7 Å². The lowest BCUT2D eigenvalue weighted by Gasteiger charge is -2.29. The van der Waals surface area contributed by atoms with Crippen molar-refractivity contribution in [3.8, 4) is 0 Å². The van der Waals surface area contributed by atoms with Crippen molar-refractivity contribution in [2.75, 3.05) is 11.9 Å². The van der Waals surface area contributed by atoms with Crippen molar-refractivity contribution in [1.29, 1.82) is 0 Å². The maximum atomic E-state index is 13.0. The van der Waals surface area contributed by atoms with Crippen molar-refractivity contribution in [3.05, 3.63) is 64.7 Å². The van der Waals surface area contributed by atoms with Crippen LogP contribution in [0.15, 0.2) is 42.5 Å². The number of alkyl carbamates (subject to hydrolysis) is 1. The average molecular weight is 509 g/mol. The van der Waals surface area contributed by atoms with Crippen LogP contribution in [0.5, 0.6) is 0 Å². The number of ether oxygens (including phenoxy) is 1. The molecular formula is C27H32N4O6. The van der Waals surface area contributed by atoms with Gasteiger partial charge in [-0.2, -0.15) is 0 Å². The Morgan fingerprint density at radius 2 is 1.51 bits per heavy atom. The first-order valence-corrected chi connectivity index (χ1v) is 11.8. The van der Waals surface area contributed by atoms with Gasteiger partial charge in [0.05, 0.1) is 11.1 Å². The highest BCUT2D eigenvalue weighted by molar-refractivity contribution is 6.22. The van der Waals surface area contributed by atoms with E-state index >= 15 is 0 Å². The van der Waals surface area contributed by atoms with Gasteiger partial charge in [0.15, 0.2) is 0 Å². The molecule has 0 unspecified atom stereocenters. The van der Waals surface area contributed by atoms with E-state index in [0.717, 1.165) is 0 Å². The van der Waals surface area contributed by atoms with E-state index in [4.69, 9.17) is 4.74 Å². The average Bonchev–Trinajstić information content (AvgIpc) is 3.05. The first kappa shape index (κ1) is 27.4. The Hall–Kier alpha value is -4.21. The summed E-state index contributed by atoms with van der Waals surface area (Å²) >= 11 is 0. The summed E-state index contributed by atoms with van der Waals surface area (Å²) in [6, 6.07) is 11.3. The van der Waals surface area contributed by atoms with Crippen LogP contribution in [0.2, 0.25) is 0 Å². The smallest absolute Gasteiger partial charge is 0.408 e. The van der Waals surface area contributed by atoms with Gasteiger partial charge in [-0.1, -0.05) is 18.2 Å². The Kier molecular flexibility index (Phi) is 7.71. The number of anilines is 1. The van der Waals surface area contributed by atoms with Gasteiger partial charge in [-0.25, -0.2) is 4.79 Å². The largest absolute Gasteiger partial charge is 0.444 e. The fraction of sp³-hybridized carbons (Fsp3) is 0.370. The number of carbonyl (C=O) groups is 5. The van der Waals surface area contributed by atoms with E-state index in [2.05, 4.69) is 16.0 Å². The molecule has 10 nitrogen and oxygen atoms in total. The third-order valence-electron chi connectivity index (χ3n) is 5.35. The van der Waals surface area contributed by atoms with E-state index in [9.17, 15) is 24.0 Å². The van der Waals surface area contributed by atoms with E-state index < -0.39 is 35.0 Å². The fourth-order valence-corrected chi connectivity index (χ4v) is 3.71. The van der Waals surface area contributed by atoms with Crippen molar-refractivity contribution in [1.82, 2.24) is 15.5 Å². The van der Waals surface area contributed by atoms with Gasteiger partial charge in [-0.3, -0.25) is 24.1 Å². The van der Waals surface area contributed by atoms with Gasteiger partial charge in [0, 0.05) is 23.3 Å². The third-order valence-corrected chi connectivity index (χ3v) is 5.35. The van der Waals surface area contributed by atoms with Crippen LogP contribution >= 0.6 is 0 Å². The van der Waals surface area contributed by atoms with Gasteiger partial charge in [-0.15, -0.1) is 0 Å². The molecule has 1 aliphatic heterocycles. The Balaban J connectivity index is 1.65. The van der Waals surface area contributed by atoms with E-state index in [0.29, 0.717) is 11.3 Å². The molecule has 37 heavy (non-hydrogen) atoms. The fourth-order valence-electron chi connectivity index (χ4n) is 3.71. The number of rotatable bonds is 6. The van der Waals surface area contributed by atoms with Gasteiger partial charge < -0.3 is 20.7 Å².